The average molecular weight is 705 g/mol. The highest BCUT2D eigenvalue weighted by Crippen LogP contribution is 2.65. The minimum absolute atomic E-state index is 0.0572. The van der Waals surface area contributed by atoms with Gasteiger partial charge in [0.1, 0.15) is 18.8 Å². The second-order valence-corrected chi connectivity index (χ2v) is 13.7. The molecular formula is C35H44O15. The summed E-state index contributed by atoms with van der Waals surface area (Å²) in [7, 11) is 1.28. The molecule has 1 aromatic rings. The second-order valence-electron chi connectivity index (χ2n) is 13.7. The lowest BCUT2D eigenvalue weighted by atomic mass is 9.44. The number of carbonyl (C=O) groups excluding carboxylic acids is 6. The predicted molar refractivity (Wildman–Crippen MR) is 166 cm³/mol. The van der Waals surface area contributed by atoms with Crippen molar-refractivity contribution in [2.45, 2.75) is 110 Å². The first kappa shape index (κ1) is 37.0. The van der Waals surface area contributed by atoms with Crippen LogP contribution >= 0.6 is 0 Å². The van der Waals surface area contributed by atoms with Crippen LogP contribution in [0, 0.1) is 22.7 Å². The molecule has 4 aliphatic rings. The monoisotopic (exact) mass is 704 g/mol. The van der Waals surface area contributed by atoms with Crippen molar-refractivity contribution in [1.29, 1.82) is 0 Å². The van der Waals surface area contributed by atoms with Crippen LogP contribution in [-0.4, -0.2) is 86.3 Å². The third-order valence-electron chi connectivity index (χ3n) is 10.6. The highest BCUT2D eigenvalue weighted by Gasteiger charge is 2.66. The fraction of sp³-hybridized carbons (Fsp3) is 0.657. The van der Waals surface area contributed by atoms with E-state index in [9.17, 15) is 28.8 Å². The summed E-state index contributed by atoms with van der Waals surface area (Å²) in [5.41, 5.74) is -0.699. The summed E-state index contributed by atoms with van der Waals surface area (Å²) >= 11 is 0. The minimum Gasteiger partial charge on any atom is -0.472 e. The standard InChI is InChI=1S/C35H44O15/c1-17(36)44-16-25-28(45-18(2)37)29(46-19(3)38)30(47-20(4)39)33(49-25)50-27-13-23-32(41)48-24(21-11-12-43-15-21)14-34(23,5)26-10-8-9-22(31(40)42-7)35(26,27)6/h9,11-12,15,23-30,33H,8,10,13-14,16H2,1-7H3/t23-,24-,25+,26-,27+,28+,29-,30+,33-,34+,35-/m0/s1. The van der Waals surface area contributed by atoms with Crippen LogP contribution in [-0.2, 0) is 66.7 Å². The lowest BCUT2D eigenvalue weighted by Gasteiger charge is -2.62. The van der Waals surface area contributed by atoms with Crippen molar-refractivity contribution in [3.05, 3.63) is 35.8 Å². The van der Waals surface area contributed by atoms with Crippen LogP contribution < -0.4 is 0 Å². The number of allylic oxidation sites excluding steroid dienone is 1. The van der Waals surface area contributed by atoms with Gasteiger partial charge in [-0.3, -0.25) is 24.0 Å². The zero-order valence-electron chi connectivity index (χ0n) is 29.2. The van der Waals surface area contributed by atoms with Crippen molar-refractivity contribution in [1.82, 2.24) is 0 Å². The lowest BCUT2D eigenvalue weighted by Crippen LogP contribution is -2.66. The molecule has 2 saturated heterocycles. The molecule has 1 aromatic heterocycles. The number of esters is 6. The Kier molecular flexibility index (Phi) is 10.8. The van der Waals surface area contributed by atoms with Crippen LogP contribution in [0.4, 0.5) is 0 Å². The Balaban J connectivity index is 1.59. The van der Waals surface area contributed by atoms with Crippen molar-refractivity contribution in [3.8, 4) is 0 Å². The molecule has 15 nitrogen and oxygen atoms in total. The topological polar surface area (TPSA) is 189 Å². The van der Waals surface area contributed by atoms with Gasteiger partial charge in [-0.15, -0.1) is 0 Å². The molecule has 0 N–H and O–H groups in total. The number of hydrogen-bond donors (Lipinski definition) is 0. The SMILES string of the molecule is COC(=O)C1=CCC[C@H]2[C@]3(C)C[C@@H](c4ccoc4)OC(=O)[C@@H]3C[C@@H](O[C@@H]3O[C@H](COC(C)=O)[C@@H](OC(C)=O)[C@H](OC(C)=O)[C@H]3OC(C)=O)[C@@]12C. The Hall–Kier alpha value is -4.24. The smallest absolute Gasteiger partial charge is 0.334 e. The van der Waals surface area contributed by atoms with Crippen LogP contribution in [0.15, 0.2) is 34.7 Å². The summed E-state index contributed by atoms with van der Waals surface area (Å²) in [5.74, 6) is -5.06. The van der Waals surface area contributed by atoms with E-state index in [4.69, 9.17) is 42.3 Å². The second kappa shape index (κ2) is 14.5. The third kappa shape index (κ3) is 7.02. The van der Waals surface area contributed by atoms with E-state index in [1.165, 1.54) is 20.3 Å². The summed E-state index contributed by atoms with van der Waals surface area (Å²) in [5, 5.41) is 0. The molecule has 0 spiro atoms. The molecule has 0 unspecified atom stereocenters. The minimum atomic E-state index is -1.53. The number of methoxy groups -OCH3 is 1. The van der Waals surface area contributed by atoms with Gasteiger partial charge in [-0.2, -0.15) is 0 Å². The molecule has 0 radical (unpaired) electrons. The maximum atomic E-state index is 13.9. The van der Waals surface area contributed by atoms with Crippen molar-refractivity contribution < 1.29 is 71.1 Å². The van der Waals surface area contributed by atoms with Gasteiger partial charge in [-0.1, -0.05) is 19.9 Å². The Morgan fingerprint density at radius 1 is 0.920 bits per heavy atom. The highest BCUT2D eigenvalue weighted by molar-refractivity contribution is 5.90. The summed E-state index contributed by atoms with van der Waals surface area (Å²) in [6.07, 6.45) is -2.16. The molecule has 2 aliphatic heterocycles. The van der Waals surface area contributed by atoms with E-state index in [0.717, 1.165) is 26.3 Å². The first-order chi connectivity index (χ1) is 23.6. The summed E-state index contributed by atoms with van der Waals surface area (Å²) in [6.45, 7) is 8.01. The largest absolute Gasteiger partial charge is 0.472 e. The third-order valence-corrected chi connectivity index (χ3v) is 10.6. The summed E-state index contributed by atoms with van der Waals surface area (Å²) < 4.78 is 51.4. The van der Waals surface area contributed by atoms with E-state index in [1.807, 2.05) is 19.9 Å². The number of fused-ring (bicyclic) bond motifs is 3. The predicted octanol–water partition coefficient (Wildman–Crippen LogP) is 3.28. The van der Waals surface area contributed by atoms with Gasteiger partial charge < -0.3 is 42.3 Å². The molecule has 274 valence electrons. The van der Waals surface area contributed by atoms with Gasteiger partial charge >= 0.3 is 35.8 Å². The van der Waals surface area contributed by atoms with Crippen molar-refractivity contribution in [3.63, 3.8) is 0 Å². The zero-order chi connectivity index (χ0) is 36.5. The summed E-state index contributed by atoms with van der Waals surface area (Å²) in [4.78, 5) is 76.3. The molecule has 0 aromatic carbocycles. The molecule has 15 heteroatoms. The van der Waals surface area contributed by atoms with Crippen molar-refractivity contribution >= 4 is 35.8 Å². The molecule has 1 saturated carbocycles. The Morgan fingerprint density at radius 3 is 2.18 bits per heavy atom. The molecule has 0 bridgehead atoms. The van der Waals surface area contributed by atoms with Gasteiger partial charge in [-0.05, 0) is 43.1 Å². The van der Waals surface area contributed by atoms with E-state index in [1.54, 1.807) is 12.3 Å². The van der Waals surface area contributed by atoms with Gasteiger partial charge in [0, 0.05) is 44.2 Å². The van der Waals surface area contributed by atoms with E-state index < -0.39 is 102 Å². The number of rotatable bonds is 9. The maximum absolute atomic E-state index is 13.9. The van der Waals surface area contributed by atoms with Crippen LogP contribution in [0.25, 0.3) is 0 Å². The maximum Gasteiger partial charge on any atom is 0.334 e. The normalized spacial score (nSPS) is 36.3. The Morgan fingerprint density at radius 2 is 1.58 bits per heavy atom. The molecule has 50 heavy (non-hydrogen) atoms. The highest BCUT2D eigenvalue weighted by atomic mass is 16.7. The molecule has 2 aliphatic carbocycles. The zero-order valence-corrected chi connectivity index (χ0v) is 29.2. The number of cyclic esters (lactones) is 1. The molecule has 0 amide bonds. The van der Waals surface area contributed by atoms with Crippen LogP contribution in [0.3, 0.4) is 0 Å². The number of hydrogen-bond acceptors (Lipinski definition) is 15. The number of carbonyl (C=O) groups is 6. The van der Waals surface area contributed by atoms with Crippen molar-refractivity contribution in [2.24, 2.45) is 22.7 Å². The molecular weight excluding hydrogens is 660 g/mol. The number of furan rings is 1. The molecule has 11 atom stereocenters. The van der Waals surface area contributed by atoms with Gasteiger partial charge in [0.25, 0.3) is 0 Å². The molecule has 3 heterocycles. The van der Waals surface area contributed by atoms with E-state index in [0.29, 0.717) is 24.8 Å². The Labute approximate surface area is 289 Å². The van der Waals surface area contributed by atoms with E-state index in [-0.39, 0.29) is 12.3 Å². The lowest BCUT2D eigenvalue weighted by molar-refractivity contribution is -0.332. The van der Waals surface area contributed by atoms with E-state index >= 15 is 0 Å². The van der Waals surface area contributed by atoms with Crippen LogP contribution in [0.2, 0.25) is 0 Å². The number of ether oxygens (including phenoxy) is 8. The Bertz CT molecular complexity index is 1520. The van der Waals surface area contributed by atoms with Gasteiger partial charge in [0.15, 0.2) is 24.6 Å². The van der Waals surface area contributed by atoms with Crippen molar-refractivity contribution in [2.75, 3.05) is 13.7 Å². The van der Waals surface area contributed by atoms with E-state index in [2.05, 4.69) is 0 Å². The fourth-order valence-corrected chi connectivity index (χ4v) is 8.51. The fourth-order valence-electron chi connectivity index (χ4n) is 8.51. The summed E-state index contributed by atoms with van der Waals surface area (Å²) in [6, 6.07) is 1.75. The molecule has 3 fully saturated rings. The first-order valence-corrected chi connectivity index (χ1v) is 16.6. The van der Waals surface area contributed by atoms with Crippen LogP contribution in [0.5, 0.6) is 0 Å². The van der Waals surface area contributed by atoms with Crippen LogP contribution in [0.1, 0.15) is 78.9 Å². The quantitative estimate of drug-likeness (QED) is 0.269. The average Bonchev–Trinajstić information content (AvgIpc) is 3.58. The first-order valence-electron chi connectivity index (χ1n) is 16.6. The molecule has 5 rings (SSSR count). The van der Waals surface area contributed by atoms with Gasteiger partial charge in [-0.25, -0.2) is 4.79 Å². The van der Waals surface area contributed by atoms with Gasteiger partial charge in [0.05, 0.1) is 31.7 Å². The van der Waals surface area contributed by atoms with Gasteiger partial charge in [0.2, 0.25) is 0 Å².